The van der Waals surface area contributed by atoms with Gasteiger partial charge >= 0.3 is 5.97 Å². The Hall–Kier alpha value is -2.29. The Morgan fingerprint density at radius 2 is 1.85 bits per heavy atom. The van der Waals surface area contributed by atoms with Gasteiger partial charge in [0.05, 0.1) is 11.8 Å². The van der Waals surface area contributed by atoms with Crippen LogP contribution in [0.25, 0.3) is 10.8 Å². The van der Waals surface area contributed by atoms with Gasteiger partial charge in [0.1, 0.15) is 0 Å². The molecule has 0 fully saturated rings. The lowest BCUT2D eigenvalue weighted by atomic mass is 9.89. The zero-order valence-electron chi connectivity index (χ0n) is 11.3. The van der Waals surface area contributed by atoms with Crippen LogP contribution in [0.5, 0.6) is 0 Å². The quantitative estimate of drug-likeness (QED) is 0.683. The fourth-order valence-electron chi connectivity index (χ4n) is 3.12. The highest BCUT2D eigenvalue weighted by Gasteiger charge is 2.41. The Balaban J connectivity index is 2.01. The smallest absolute Gasteiger partial charge is 0.339 e. The summed E-state index contributed by atoms with van der Waals surface area (Å²) >= 11 is 0. The minimum atomic E-state index is -0.280. The monoisotopic (exact) mass is 266 g/mol. The number of hydrogen-bond acceptors (Lipinski definition) is 3. The van der Waals surface area contributed by atoms with E-state index >= 15 is 0 Å². The SMILES string of the molecule is CC1=COC2c3ccc4c(C)cccc4c3C(=O)OC12. The van der Waals surface area contributed by atoms with Crippen LogP contribution in [0, 0.1) is 6.92 Å². The summed E-state index contributed by atoms with van der Waals surface area (Å²) < 4.78 is 11.2. The molecule has 3 heteroatoms. The number of carbonyl (C=O) groups excluding carboxylic acids is 1. The molecule has 0 aromatic heterocycles. The Morgan fingerprint density at radius 3 is 2.70 bits per heavy atom. The summed E-state index contributed by atoms with van der Waals surface area (Å²) in [6.07, 6.45) is 1.21. The third-order valence-corrected chi connectivity index (χ3v) is 4.18. The van der Waals surface area contributed by atoms with Crippen LogP contribution >= 0.6 is 0 Å². The summed E-state index contributed by atoms with van der Waals surface area (Å²) in [5.41, 5.74) is 3.69. The summed E-state index contributed by atoms with van der Waals surface area (Å²) in [5, 5.41) is 2.03. The molecular formula is C17H14O3. The Kier molecular flexibility index (Phi) is 2.22. The van der Waals surface area contributed by atoms with Crippen LogP contribution in [0.4, 0.5) is 0 Å². The molecule has 0 N–H and O–H groups in total. The zero-order valence-corrected chi connectivity index (χ0v) is 11.3. The Labute approximate surface area is 116 Å². The first-order valence-electron chi connectivity index (χ1n) is 6.72. The maximum atomic E-state index is 12.4. The molecule has 3 nitrogen and oxygen atoms in total. The van der Waals surface area contributed by atoms with E-state index in [4.69, 9.17) is 9.47 Å². The van der Waals surface area contributed by atoms with Crippen molar-refractivity contribution in [1.29, 1.82) is 0 Å². The van der Waals surface area contributed by atoms with Crippen LogP contribution in [-0.2, 0) is 9.47 Å². The number of benzene rings is 2. The van der Waals surface area contributed by atoms with E-state index in [0.717, 1.165) is 27.5 Å². The second kappa shape index (κ2) is 3.85. The molecule has 4 rings (SSSR count). The molecule has 2 atom stereocenters. The van der Waals surface area contributed by atoms with Gasteiger partial charge in [-0.25, -0.2) is 4.79 Å². The van der Waals surface area contributed by atoms with Gasteiger partial charge in [0.15, 0.2) is 12.2 Å². The van der Waals surface area contributed by atoms with Crippen LogP contribution in [-0.4, -0.2) is 12.1 Å². The summed E-state index contributed by atoms with van der Waals surface area (Å²) in [6.45, 7) is 3.97. The molecule has 100 valence electrons. The number of esters is 1. The van der Waals surface area contributed by atoms with Crippen molar-refractivity contribution >= 4 is 16.7 Å². The standard InChI is InChI=1S/C17H14O3/c1-9-4-3-5-12-11(9)6-7-13-14(12)17(18)20-15-10(2)8-19-16(13)15/h3-8,15-16H,1-2H3. The molecule has 2 aromatic rings. The minimum absolute atomic E-state index is 0.201. The molecule has 2 aliphatic rings. The second-order valence-electron chi connectivity index (χ2n) is 5.44. The van der Waals surface area contributed by atoms with Crippen molar-refractivity contribution in [3.63, 3.8) is 0 Å². The van der Waals surface area contributed by atoms with Gasteiger partial charge in [0.2, 0.25) is 0 Å². The van der Waals surface area contributed by atoms with Crippen molar-refractivity contribution < 1.29 is 14.3 Å². The normalized spacial score (nSPS) is 23.7. The van der Waals surface area contributed by atoms with Gasteiger partial charge in [0.25, 0.3) is 0 Å². The molecule has 0 bridgehead atoms. The molecule has 2 heterocycles. The van der Waals surface area contributed by atoms with Crippen LogP contribution in [0.15, 0.2) is 42.2 Å². The fraction of sp³-hybridized carbons (Fsp3) is 0.235. The highest BCUT2D eigenvalue weighted by molar-refractivity contribution is 6.07. The van der Waals surface area contributed by atoms with Crippen molar-refractivity contribution in [1.82, 2.24) is 0 Å². The van der Waals surface area contributed by atoms with Crippen LogP contribution < -0.4 is 0 Å². The van der Waals surface area contributed by atoms with Crippen molar-refractivity contribution in [3.8, 4) is 0 Å². The van der Waals surface area contributed by atoms with E-state index < -0.39 is 0 Å². The van der Waals surface area contributed by atoms with E-state index in [0.29, 0.717) is 5.56 Å². The highest BCUT2D eigenvalue weighted by atomic mass is 16.6. The lowest BCUT2D eigenvalue weighted by molar-refractivity contribution is -0.00270. The van der Waals surface area contributed by atoms with Gasteiger partial charge < -0.3 is 9.47 Å². The van der Waals surface area contributed by atoms with E-state index in [2.05, 4.69) is 6.07 Å². The molecule has 2 aliphatic heterocycles. The lowest BCUT2D eigenvalue weighted by Crippen LogP contribution is -2.31. The molecule has 0 saturated heterocycles. The molecule has 2 unspecified atom stereocenters. The first-order chi connectivity index (χ1) is 9.66. The maximum Gasteiger partial charge on any atom is 0.339 e. The van der Waals surface area contributed by atoms with Crippen molar-refractivity contribution in [3.05, 3.63) is 58.9 Å². The summed E-state index contributed by atoms with van der Waals surface area (Å²) in [4.78, 5) is 12.4. The fourth-order valence-corrected chi connectivity index (χ4v) is 3.12. The van der Waals surface area contributed by atoms with Gasteiger partial charge in [-0.05, 0) is 30.2 Å². The first-order valence-corrected chi connectivity index (χ1v) is 6.72. The predicted octanol–water partition coefficient (Wildman–Crippen LogP) is 3.66. The molecule has 0 radical (unpaired) electrons. The number of rotatable bonds is 0. The molecule has 2 aromatic carbocycles. The third kappa shape index (κ3) is 1.38. The average molecular weight is 266 g/mol. The van der Waals surface area contributed by atoms with Crippen molar-refractivity contribution in [2.45, 2.75) is 26.1 Å². The molecule has 0 amide bonds. The predicted molar refractivity (Wildman–Crippen MR) is 75.5 cm³/mol. The van der Waals surface area contributed by atoms with Gasteiger partial charge in [-0.2, -0.15) is 0 Å². The van der Waals surface area contributed by atoms with E-state index in [1.807, 2.05) is 38.1 Å². The van der Waals surface area contributed by atoms with Gasteiger partial charge in [-0.3, -0.25) is 0 Å². The van der Waals surface area contributed by atoms with Gasteiger partial charge in [-0.1, -0.05) is 30.3 Å². The van der Waals surface area contributed by atoms with Gasteiger partial charge in [0, 0.05) is 11.1 Å². The van der Waals surface area contributed by atoms with E-state index in [9.17, 15) is 4.79 Å². The topological polar surface area (TPSA) is 35.5 Å². The molecule has 0 saturated carbocycles. The molecule has 0 aliphatic carbocycles. The number of fused-ring (bicyclic) bond motifs is 5. The third-order valence-electron chi connectivity index (χ3n) is 4.18. The van der Waals surface area contributed by atoms with Crippen molar-refractivity contribution in [2.24, 2.45) is 0 Å². The average Bonchev–Trinajstić information content (AvgIpc) is 2.80. The van der Waals surface area contributed by atoms with E-state index in [1.54, 1.807) is 6.26 Å². The summed E-state index contributed by atoms with van der Waals surface area (Å²) in [6, 6.07) is 10.0. The van der Waals surface area contributed by atoms with Crippen molar-refractivity contribution in [2.75, 3.05) is 0 Å². The van der Waals surface area contributed by atoms with Gasteiger partial charge in [-0.15, -0.1) is 0 Å². The van der Waals surface area contributed by atoms with E-state index in [-0.39, 0.29) is 18.2 Å². The van der Waals surface area contributed by atoms with Crippen LogP contribution in [0.2, 0.25) is 0 Å². The Morgan fingerprint density at radius 1 is 1.00 bits per heavy atom. The Bertz CT molecular complexity index is 773. The molecular weight excluding hydrogens is 252 g/mol. The zero-order chi connectivity index (χ0) is 13.9. The number of hydrogen-bond donors (Lipinski definition) is 0. The number of ether oxygens (including phenoxy) is 2. The van der Waals surface area contributed by atoms with Crippen LogP contribution in [0.1, 0.15) is 34.5 Å². The first kappa shape index (κ1) is 11.5. The second-order valence-corrected chi connectivity index (χ2v) is 5.44. The molecule has 0 spiro atoms. The lowest BCUT2D eigenvalue weighted by Gasteiger charge is -2.28. The maximum absolute atomic E-state index is 12.4. The van der Waals surface area contributed by atoms with E-state index in [1.165, 1.54) is 0 Å². The summed E-state index contributed by atoms with van der Waals surface area (Å²) in [5.74, 6) is -0.254. The summed E-state index contributed by atoms with van der Waals surface area (Å²) in [7, 11) is 0. The minimum Gasteiger partial charge on any atom is -0.489 e. The van der Waals surface area contributed by atoms with Crippen LogP contribution in [0.3, 0.4) is 0 Å². The number of carbonyl (C=O) groups is 1. The highest BCUT2D eigenvalue weighted by Crippen LogP contribution is 2.42. The number of aryl methyl sites for hydroxylation is 1. The largest absolute Gasteiger partial charge is 0.489 e. The molecule has 20 heavy (non-hydrogen) atoms.